The summed E-state index contributed by atoms with van der Waals surface area (Å²) in [5.74, 6) is 0. The molecule has 0 spiro atoms. The largest absolute Gasteiger partial charge is 0.475 e. The number of halogens is 3. The number of carbonyl (C=O) groups excluding carboxylic acids is 1. The number of nitrogens with one attached hydrogen (secondary N) is 1. The van der Waals surface area contributed by atoms with Crippen LogP contribution >= 0.6 is 0 Å². The number of carbonyl (C=O) groups is 1. The monoisotopic (exact) mass is 336 g/mol. The molecular weight excluding hydrogens is 321 g/mol. The Kier molecular flexibility index (Phi) is 5.41. The highest BCUT2D eigenvalue weighted by Gasteiger charge is 2.39. The molecule has 1 aliphatic rings. The summed E-state index contributed by atoms with van der Waals surface area (Å²) in [7, 11) is -3.19. The lowest BCUT2D eigenvalue weighted by Crippen LogP contribution is -2.37. The van der Waals surface area contributed by atoms with E-state index in [2.05, 4.69) is 5.32 Å². The van der Waals surface area contributed by atoms with Crippen LogP contribution in [0, 0.1) is 0 Å². The molecule has 1 fully saturated rings. The van der Waals surface area contributed by atoms with Crippen LogP contribution in [0.15, 0.2) is 29.2 Å². The van der Waals surface area contributed by atoms with Crippen molar-refractivity contribution in [3.8, 4) is 0 Å². The van der Waals surface area contributed by atoms with E-state index in [0.29, 0.717) is 32.7 Å². The molecule has 2 amide bonds. The lowest BCUT2D eigenvalue weighted by atomic mass is 10.3. The second kappa shape index (κ2) is 7.10. The van der Waals surface area contributed by atoms with Gasteiger partial charge in [0.05, 0.1) is 17.2 Å². The normalized spacial score (nSPS) is 17.7. The first-order chi connectivity index (χ1) is 10.4. The molecule has 0 radical (unpaired) electrons. The van der Waals surface area contributed by atoms with Crippen molar-refractivity contribution in [2.75, 3.05) is 31.6 Å². The fourth-order valence-electron chi connectivity index (χ4n) is 2.00. The summed E-state index contributed by atoms with van der Waals surface area (Å²) < 4.78 is 54.6. The second-order valence-electron chi connectivity index (χ2n) is 4.59. The fraction of sp³-hybridized carbons (Fsp3) is 0.462. The Bertz CT molecular complexity index is 558. The number of urea groups is 1. The van der Waals surface area contributed by atoms with Crippen LogP contribution in [0.2, 0.25) is 0 Å². The Balaban J connectivity index is 2.15. The van der Waals surface area contributed by atoms with Crippen LogP contribution in [0.3, 0.4) is 0 Å². The molecule has 0 saturated carbocycles. The molecule has 1 aromatic rings. The molecule has 1 N–H and O–H groups in total. The first-order valence-electron chi connectivity index (χ1n) is 6.61. The highest BCUT2D eigenvalue weighted by Crippen LogP contribution is 2.30. The minimum absolute atomic E-state index is 0.103. The van der Waals surface area contributed by atoms with Gasteiger partial charge in [-0.2, -0.15) is 13.2 Å². The van der Waals surface area contributed by atoms with Crippen LogP contribution in [0.25, 0.3) is 0 Å². The topological polar surface area (TPSA) is 58.6 Å². The van der Waals surface area contributed by atoms with E-state index in [-0.39, 0.29) is 5.69 Å². The Morgan fingerprint density at radius 2 is 1.95 bits per heavy atom. The van der Waals surface area contributed by atoms with Crippen molar-refractivity contribution in [2.24, 2.45) is 0 Å². The zero-order valence-corrected chi connectivity index (χ0v) is 12.4. The number of hydrogen-bond acceptors (Lipinski definition) is 3. The van der Waals surface area contributed by atoms with Gasteiger partial charge in [-0.05, 0) is 18.6 Å². The standard InChI is InChI=1S/C13H15F3N2O3S/c14-13(15,16)22(20)11-5-2-1-4-10(11)17-12(19)18-6-3-8-21-9-7-18/h1-2,4-5H,3,6-9H2,(H,17,19). The molecule has 1 aromatic carbocycles. The van der Waals surface area contributed by atoms with Gasteiger partial charge in [-0.25, -0.2) is 9.00 Å². The van der Waals surface area contributed by atoms with Crippen LogP contribution in [-0.4, -0.2) is 47.0 Å². The number of hydrogen-bond donors (Lipinski definition) is 1. The molecule has 9 heteroatoms. The summed E-state index contributed by atoms with van der Waals surface area (Å²) in [6.07, 6.45) is 0.656. The van der Waals surface area contributed by atoms with Gasteiger partial charge < -0.3 is 15.0 Å². The lowest BCUT2D eigenvalue weighted by molar-refractivity contribution is -0.0384. The zero-order valence-electron chi connectivity index (χ0n) is 11.6. The average Bonchev–Trinajstić information content (AvgIpc) is 2.75. The summed E-state index contributed by atoms with van der Waals surface area (Å²) in [6, 6.07) is 4.67. The SMILES string of the molecule is O=C(Nc1ccccc1S(=O)C(F)(F)F)N1CCCOCC1. The summed E-state index contributed by atoms with van der Waals surface area (Å²) >= 11 is 0. The van der Waals surface area contributed by atoms with E-state index in [1.807, 2.05) is 0 Å². The predicted molar refractivity (Wildman–Crippen MR) is 74.9 cm³/mol. The Hall–Kier alpha value is -1.61. The molecule has 0 aliphatic carbocycles. The number of rotatable bonds is 2. The van der Waals surface area contributed by atoms with Crippen molar-refractivity contribution in [2.45, 2.75) is 16.8 Å². The van der Waals surface area contributed by atoms with Gasteiger partial charge in [0.15, 0.2) is 10.8 Å². The molecule has 1 heterocycles. The highest BCUT2D eigenvalue weighted by molar-refractivity contribution is 7.86. The lowest BCUT2D eigenvalue weighted by Gasteiger charge is -2.21. The molecule has 122 valence electrons. The fourth-order valence-corrected chi connectivity index (χ4v) is 2.77. The number of ether oxygens (including phenoxy) is 1. The van der Waals surface area contributed by atoms with E-state index in [9.17, 15) is 22.2 Å². The molecular formula is C13H15F3N2O3S. The number of alkyl halides is 3. The molecule has 2 rings (SSSR count). The molecule has 0 bridgehead atoms. The number of benzene rings is 1. The summed E-state index contributed by atoms with van der Waals surface area (Å²) in [5, 5.41) is 2.40. The maximum absolute atomic E-state index is 12.6. The van der Waals surface area contributed by atoms with Crippen LogP contribution in [0.4, 0.5) is 23.7 Å². The Morgan fingerprint density at radius 3 is 2.68 bits per heavy atom. The number of para-hydroxylation sites is 1. The van der Waals surface area contributed by atoms with Gasteiger partial charge in [-0.3, -0.25) is 0 Å². The smallest absolute Gasteiger partial charge is 0.380 e. The van der Waals surface area contributed by atoms with E-state index in [1.165, 1.54) is 23.1 Å². The van der Waals surface area contributed by atoms with Gasteiger partial charge >= 0.3 is 11.5 Å². The van der Waals surface area contributed by atoms with E-state index < -0.39 is 27.2 Å². The summed E-state index contributed by atoms with van der Waals surface area (Å²) in [4.78, 5) is 13.1. The summed E-state index contributed by atoms with van der Waals surface area (Å²) in [6.45, 7) is 1.73. The maximum Gasteiger partial charge on any atom is 0.475 e. The molecule has 0 aromatic heterocycles. The third-order valence-electron chi connectivity index (χ3n) is 3.05. The van der Waals surface area contributed by atoms with Crippen molar-refractivity contribution in [1.82, 2.24) is 4.90 Å². The van der Waals surface area contributed by atoms with Crippen LogP contribution in [-0.2, 0) is 15.5 Å². The zero-order chi connectivity index (χ0) is 16.2. The van der Waals surface area contributed by atoms with Crippen molar-refractivity contribution < 1.29 is 26.9 Å². The van der Waals surface area contributed by atoms with Gasteiger partial charge in [0.25, 0.3) is 0 Å². The van der Waals surface area contributed by atoms with Crippen molar-refractivity contribution in [3.63, 3.8) is 0 Å². The Labute approximate surface area is 127 Å². The predicted octanol–water partition coefficient (Wildman–Crippen LogP) is 2.57. The molecule has 5 nitrogen and oxygen atoms in total. The summed E-state index contributed by atoms with van der Waals surface area (Å²) in [5.41, 5.74) is -4.98. The third kappa shape index (κ3) is 4.20. The first-order valence-corrected chi connectivity index (χ1v) is 7.76. The van der Waals surface area contributed by atoms with Crippen molar-refractivity contribution in [3.05, 3.63) is 24.3 Å². The molecule has 1 saturated heterocycles. The number of anilines is 1. The average molecular weight is 336 g/mol. The van der Waals surface area contributed by atoms with Crippen LogP contribution in [0.5, 0.6) is 0 Å². The first kappa shape index (κ1) is 16.8. The highest BCUT2D eigenvalue weighted by atomic mass is 32.2. The number of nitrogens with zero attached hydrogens (tertiary/aromatic N) is 1. The van der Waals surface area contributed by atoms with E-state index in [4.69, 9.17) is 4.74 Å². The van der Waals surface area contributed by atoms with Gasteiger partial charge in [0.1, 0.15) is 0 Å². The third-order valence-corrected chi connectivity index (χ3v) is 4.22. The van der Waals surface area contributed by atoms with Gasteiger partial charge in [0.2, 0.25) is 0 Å². The van der Waals surface area contributed by atoms with Gasteiger partial charge in [-0.15, -0.1) is 0 Å². The maximum atomic E-state index is 12.6. The molecule has 1 unspecified atom stereocenters. The van der Waals surface area contributed by atoms with Crippen LogP contribution < -0.4 is 5.32 Å². The minimum atomic E-state index is -4.88. The van der Waals surface area contributed by atoms with Crippen molar-refractivity contribution in [1.29, 1.82) is 0 Å². The quantitative estimate of drug-likeness (QED) is 0.903. The second-order valence-corrected chi connectivity index (χ2v) is 6.03. The van der Waals surface area contributed by atoms with Gasteiger partial charge in [-0.1, -0.05) is 12.1 Å². The molecule has 1 aliphatic heterocycles. The van der Waals surface area contributed by atoms with E-state index in [0.717, 1.165) is 6.07 Å². The Morgan fingerprint density at radius 1 is 1.23 bits per heavy atom. The van der Waals surface area contributed by atoms with Crippen molar-refractivity contribution >= 4 is 22.5 Å². The number of amides is 2. The van der Waals surface area contributed by atoms with E-state index in [1.54, 1.807) is 0 Å². The van der Waals surface area contributed by atoms with Crippen LogP contribution in [0.1, 0.15) is 6.42 Å². The molecule has 1 atom stereocenters. The minimum Gasteiger partial charge on any atom is -0.380 e. The van der Waals surface area contributed by atoms with E-state index >= 15 is 0 Å². The molecule has 22 heavy (non-hydrogen) atoms. The van der Waals surface area contributed by atoms with Gasteiger partial charge in [0, 0.05) is 19.7 Å².